The van der Waals surface area contributed by atoms with Gasteiger partial charge in [-0.1, -0.05) is 44.2 Å². The Morgan fingerprint density at radius 3 is 2.61 bits per heavy atom. The molecule has 2 aliphatic rings. The van der Waals surface area contributed by atoms with Crippen LogP contribution in [0.2, 0.25) is 0 Å². The highest BCUT2D eigenvalue weighted by Crippen LogP contribution is 2.32. The van der Waals surface area contributed by atoms with Gasteiger partial charge in [0.1, 0.15) is 5.75 Å². The van der Waals surface area contributed by atoms with E-state index in [9.17, 15) is 18.0 Å². The molecule has 0 spiro atoms. The van der Waals surface area contributed by atoms with Crippen molar-refractivity contribution in [2.75, 3.05) is 19.7 Å². The van der Waals surface area contributed by atoms with Crippen LogP contribution in [-0.2, 0) is 11.4 Å². The lowest BCUT2D eigenvalue weighted by Gasteiger charge is -2.21. The zero-order chi connectivity index (χ0) is 22.9. The zero-order valence-electron chi connectivity index (χ0n) is 17.8. The molecule has 2 N–H and O–H groups in total. The highest BCUT2D eigenvalue weighted by Gasteiger charge is 2.37. The summed E-state index contributed by atoms with van der Waals surface area (Å²) in [6.07, 6.45) is 2.19. The molecule has 1 atom stereocenters. The standard InChI is InChI=1S/C21H23F3N2O3.C2H6/c22-21(23,24)18-4-2-1-3-5-19(18)25-16-10-11-26(12-16)20(28)14-29-17-8-6-15(13-27)7-9-17;1-2/h1-2,4-9,16,25,27H,3,10-14H2;1-2H3. The molecule has 8 heteroatoms. The van der Waals surface area contributed by atoms with Gasteiger partial charge in [-0.05, 0) is 36.6 Å². The summed E-state index contributed by atoms with van der Waals surface area (Å²) in [6.45, 7) is 4.56. The van der Waals surface area contributed by atoms with Crippen LogP contribution in [0, 0.1) is 0 Å². The Morgan fingerprint density at radius 2 is 1.97 bits per heavy atom. The fourth-order valence-corrected chi connectivity index (χ4v) is 3.26. The summed E-state index contributed by atoms with van der Waals surface area (Å²) in [7, 11) is 0. The van der Waals surface area contributed by atoms with Crippen molar-refractivity contribution in [3.63, 3.8) is 0 Å². The van der Waals surface area contributed by atoms with Crippen molar-refractivity contribution in [2.24, 2.45) is 0 Å². The lowest BCUT2D eigenvalue weighted by Crippen LogP contribution is -2.38. The molecule has 170 valence electrons. The number of benzene rings is 1. The van der Waals surface area contributed by atoms with Gasteiger partial charge in [-0.15, -0.1) is 0 Å². The molecule has 1 unspecified atom stereocenters. The number of ether oxygens (including phenoxy) is 1. The highest BCUT2D eigenvalue weighted by atomic mass is 19.4. The Kier molecular flexibility index (Phi) is 9.18. The molecule has 1 aliphatic heterocycles. The monoisotopic (exact) mass is 438 g/mol. The molecule has 5 nitrogen and oxygen atoms in total. The van der Waals surface area contributed by atoms with Gasteiger partial charge in [0.2, 0.25) is 0 Å². The highest BCUT2D eigenvalue weighted by molar-refractivity contribution is 5.78. The van der Waals surface area contributed by atoms with Crippen LogP contribution in [0.4, 0.5) is 13.2 Å². The average molecular weight is 438 g/mol. The normalized spacial score (nSPS) is 18.4. The zero-order valence-corrected chi connectivity index (χ0v) is 17.8. The first-order chi connectivity index (χ1) is 14.9. The van der Waals surface area contributed by atoms with Crippen LogP contribution >= 0.6 is 0 Å². The van der Waals surface area contributed by atoms with Crippen LogP contribution in [0.1, 0.15) is 32.3 Å². The van der Waals surface area contributed by atoms with Gasteiger partial charge >= 0.3 is 6.18 Å². The summed E-state index contributed by atoms with van der Waals surface area (Å²) < 4.78 is 45.3. The Bertz CT molecular complexity index is 814. The summed E-state index contributed by atoms with van der Waals surface area (Å²) in [4.78, 5) is 14.0. The summed E-state index contributed by atoms with van der Waals surface area (Å²) in [5, 5.41) is 12.0. The molecule has 0 saturated carbocycles. The van der Waals surface area contributed by atoms with Gasteiger partial charge in [0.15, 0.2) is 6.61 Å². The van der Waals surface area contributed by atoms with E-state index in [1.807, 2.05) is 13.8 Å². The average Bonchev–Trinajstić information content (AvgIpc) is 3.10. The Hall–Kier alpha value is -2.74. The Labute approximate surface area is 180 Å². The topological polar surface area (TPSA) is 61.8 Å². The molecule has 3 rings (SSSR count). The van der Waals surface area contributed by atoms with Gasteiger partial charge in [-0.3, -0.25) is 4.79 Å². The first kappa shape index (κ1) is 24.5. The van der Waals surface area contributed by atoms with E-state index in [0.717, 1.165) is 11.6 Å². The molecule has 1 aromatic carbocycles. The molecule has 0 aromatic heterocycles. The Morgan fingerprint density at radius 1 is 1.26 bits per heavy atom. The maximum absolute atomic E-state index is 13.3. The quantitative estimate of drug-likeness (QED) is 0.702. The third-order valence-electron chi connectivity index (χ3n) is 4.82. The number of hydrogen-bond donors (Lipinski definition) is 2. The minimum absolute atomic E-state index is 0.0574. The summed E-state index contributed by atoms with van der Waals surface area (Å²) in [6, 6.07) is 6.50. The van der Waals surface area contributed by atoms with E-state index in [1.165, 1.54) is 12.2 Å². The molecule has 1 heterocycles. The van der Waals surface area contributed by atoms with Gasteiger partial charge in [0, 0.05) is 24.8 Å². The number of nitrogens with one attached hydrogen (secondary N) is 1. The van der Waals surface area contributed by atoms with E-state index in [0.29, 0.717) is 31.7 Å². The molecule has 0 bridgehead atoms. The number of hydrogen-bond acceptors (Lipinski definition) is 4. The van der Waals surface area contributed by atoms with Crippen LogP contribution in [0.3, 0.4) is 0 Å². The van der Waals surface area contributed by atoms with Crippen molar-refractivity contribution >= 4 is 5.91 Å². The van der Waals surface area contributed by atoms with Crippen LogP contribution in [0.25, 0.3) is 0 Å². The van der Waals surface area contributed by atoms with Crippen molar-refractivity contribution in [3.05, 3.63) is 65.4 Å². The molecule has 31 heavy (non-hydrogen) atoms. The first-order valence-electron chi connectivity index (χ1n) is 10.4. The molecule has 1 saturated heterocycles. The lowest BCUT2D eigenvalue weighted by atomic mass is 10.1. The van der Waals surface area contributed by atoms with Crippen LogP contribution in [0.5, 0.6) is 5.75 Å². The van der Waals surface area contributed by atoms with Gasteiger partial charge in [-0.25, -0.2) is 0 Å². The van der Waals surface area contributed by atoms with E-state index in [4.69, 9.17) is 9.84 Å². The van der Waals surface area contributed by atoms with Crippen LogP contribution < -0.4 is 10.1 Å². The lowest BCUT2D eigenvalue weighted by molar-refractivity contribution is -0.132. The minimum Gasteiger partial charge on any atom is -0.484 e. The van der Waals surface area contributed by atoms with Gasteiger partial charge in [0.05, 0.1) is 12.2 Å². The smallest absolute Gasteiger partial charge is 0.418 e. The third kappa shape index (κ3) is 7.17. The molecular formula is C23H29F3N2O3. The van der Waals surface area contributed by atoms with Gasteiger partial charge in [-0.2, -0.15) is 13.2 Å². The van der Waals surface area contributed by atoms with Crippen LogP contribution in [0.15, 0.2) is 59.8 Å². The van der Waals surface area contributed by atoms with E-state index in [1.54, 1.807) is 35.2 Å². The molecule has 1 amide bonds. The molecule has 0 radical (unpaired) electrons. The molecule has 1 aromatic rings. The second-order valence-corrected chi connectivity index (χ2v) is 6.92. The van der Waals surface area contributed by atoms with Gasteiger partial charge < -0.3 is 20.1 Å². The minimum atomic E-state index is -4.44. The van der Waals surface area contributed by atoms with Crippen molar-refractivity contribution < 1.29 is 27.8 Å². The number of alkyl halides is 3. The van der Waals surface area contributed by atoms with E-state index < -0.39 is 11.7 Å². The fourth-order valence-electron chi connectivity index (χ4n) is 3.26. The number of aliphatic hydroxyl groups excluding tert-OH is 1. The van der Waals surface area contributed by atoms with Crippen molar-refractivity contribution in [1.29, 1.82) is 0 Å². The molecular weight excluding hydrogens is 409 g/mol. The predicted molar refractivity (Wildman–Crippen MR) is 113 cm³/mol. The number of aliphatic hydroxyl groups is 1. The molecule has 1 aliphatic carbocycles. The van der Waals surface area contributed by atoms with Crippen molar-refractivity contribution in [1.82, 2.24) is 10.2 Å². The summed E-state index contributed by atoms with van der Waals surface area (Å²) in [5.74, 6) is 0.295. The maximum Gasteiger partial charge on any atom is 0.418 e. The number of likely N-dealkylation sites (tertiary alicyclic amines) is 1. The fraction of sp³-hybridized carbons (Fsp3) is 0.435. The number of rotatable bonds is 6. The third-order valence-corrected chi connectivity index (χ3v) is 4.82. The number of amides is 1. The van der Waals surface area contributed by atoms with E-state index in [-0.39, 0.29) is 30.9 Å². The van der Waals surface area contributed by atoms with Crippen LogP contribution in [-0.4, -0.2) is 47.8 Å². The number of carbonyl (C=O) groups excluding carboxylic acids is 1. The maximum atomic E-state index is 13.3. The number of nitrogens with zero attached hydrogens (tertiary/aromatic N) is 1. The molecule has 1 fully saturated rings. The first-order valence-corrected chi connectivity index (χ1v) is 10.4. The number of halogens is 3. The van der Waals surface area contributed by atoms with Crippen molar-refractivity contribution in [2.45, 2.75) is 45.5 Å². The van der Waals surface area contributed by atoms with Crippen molar-refractivity contribution in [3.8, 4) is 5.75 Å². The second-order valence-electron chi connectivity index (χ2n) is 6.92. The second kappa shape index (κ2) is 11.6. The predicted octanol–water partition coefficient (Wildman–Crippen LogP) is 4.11. The van der Waals surface area contributed by atoms with E-state index >= 15 is 0 Å². The SMILES string of the molecule is CC.O=C(COc1ccc(CO)cc1)N1CCC(NC2=CCC=CC=C2C(F)(F)F)C1. The largest absolute Gasteiger partial charge is 0.484 e. The number of allylic oxidation sites excluding steroid dienone is 5. The number of carbonyl (C=O) groups is 1. The van der Waals surface area contributed by atoms with Gasteiger partial charge in [0.25, 0.3) is 5.91 Å². The Balaban J connectivity index is 0.00000166. The summed E-state index contributed by atoms with van der Waals surface area (Å²) in [5.41, 5.74) is 0.0973. The summed E-state index contributed by atoms with van der Waals surface area (Å²) >= 11 is 0. The van der Waals surface area contributed by atoms with E-state index in [2.05, 4.69) is 5.32 Å².